The Kier molecular flexibility index (Phi) is 4.14. The smallest absolute Gasteiger partial charge is 0.237 e. The molecule has 0 saturated carbocycles. The molecule has 1 heterocycles. The summed E-state index contributed by atoms with van der Waals surface area (Å²) < 4.78 is 0. The quantitative estimate of drug-likeness (QED) is 0.663. The molecule has 1 rings (SSSR count). The average molecular weight is 196 g/mol. The van der Waals surface area contributed by atoms with Crippen LogP contribution in [0.2, 0.25) is 0 Å². The third-order valence-corrected chi connectivity index (χ3v) is 2.78. The zero-order valence-electron chi connectivity index (χ0n) is 9.05. The minimum atomic E-state index is -0.0221. The number of rotatable bonds is 3. The Morgan fingerprint density at radius 1 is 1.71 bits per heavy atom. The third kappa shape index (κ3) is 2.84. The van der Waals surface area contributed by atoms with Gasteiger partial charge in [0.25, 0.3) is 0 Å². The van der Waals surface area contributed by atoms with E-state index in [1.54, 1.807) is 6.08 Å². The lowest BCUT2D eigenvalue weighted by Gasteiger charge is -2.29. The van der Waals surface area contributed by atoms with E-state index in [1.165, 1.54) is 6.42 Å². The molecule has 1 saturated heterocycles. The van der Waals surface area contributed by atoms with Crippen molar-refractivity contribution in [1.82, 2.24) is 10.6 Å². The molecule has 0 aromatic carbocycles. The highest BCUT2D eigenvalue weighted by Crippen LogP contribution is 2.15. The molecule has 0 radical (unpaired) electrons. The first kappa shape index (κ1) is 11.2. The molecular weight excluding hydrogens is 176 g/mol. The van der Waals surface area contributed by atoms with Crippen LogP contribution < -0.4 is 10.6 Å². The van der Waals surface area contributed by atoms with Crippen LogP contribution in [0.25, 0.3) is 0 Å². The Hall–Kier alpha value is -0.830. The van der Waals surface area contributed by atoms with Gasteiger partial charge in [-0.15, -0.1) is 6.58 Å². The highest BCUT2D eigenvalue weighted by Gasteiger charge is 2.27. The molecule has 2 N–H and O–H groups in total. The Bertz CT molecular complexity index is 215. The maximum absolute atomic E-state index is 11.8. The predicted octanol–water partition coefficient (Wildman–Crippen LogP) is 1.07. The fourth-order valence-corrected chi connectivity index (χ4v) is 1.77. The van der Waals surface area contributed by atoms with Gasteiger partial charge < -0.3 is 10.6 Å². The van der Waals surface area contributed by atoms with E-state index in [2.05, 4.69) is 24.1 Å². The van der Waals surface area contributed by atoms with Gasteiger partial charge in [-0.2, -0.15) is 0 Å². The molecule has 1 fully saturated rings. The summed E-state index contributed by atoms with van der Waals surface area (Å²) in [5.74, 6) is 0.533. The average Bonchev–Trinajstić information content (AvgIpc) is 2.18. The molecule has 0 aromatic heterocycles. The van der Waals surface area contributed by atoms with Crippen LogP contribution in [0, 0.1) is 5.92 Å². The van der Waals surface area contributed by atoms with Gasteiger partial charge in [0.15, 0.2) is 0 Å². The van der Waals surface area contributed by atoms with Crippen molar-refractivity contribution < 1.29 is 4.79 Å². The minimum absolute atomic E-state index is 0.0221. The van der Waals surface area contributed by atoms with Gasteiger partial charge >= 0.3 is 0 Å². The van der Waals surface area contributed by atoms with E-state index in [0.29, 0.717) is 5.92 Å². The molecule has 1 aliphatic rings. The summed E-state index contributed by atoms with van der Waals surface area (Å²) in [5, 5.41) is 6.16. The van der Waals surface area contributed by atoms with Crippen LogP contribution in [0.3, 0.4) is 0 Å². The lowest BCUT2D eigenvalue weighted by Crippen LogP contribution is -2.52. The largest absolute Gasteiger partial charge is 0.349 e. The van der Waals surface area contributed by atoms with Crippen molar-refractivity contribution in [3.63, 3.8) is 0 Å². The van der Waals surface area contributed by atoms with E-state index in [1.807, 2.05) is 6.92 Å². The van der Waals surface area contributed by atoms with E-state index < -0.39 is 0 Å². The fourth-order valence-electron chi connectivity index (χ4n) is 1.77. The van der Waals surface area contributed by atoms with Crippen molar-refractivity contribution in [2.75, 3.05) is 6.54 Å². The summed E-state index contributed by atoms with van der Waals surface area (Å²) in [6.07, 6.45) is 4.04. The first-order valence-electron chi connectivity index (χ1n) is 5.31. The molecule has 3 unspecified atom stereocenters. The Balaban J connectivity index is 2.45. The van der Waals surface area contributed by atoms with Crippen LogP contribution in [-0.4, -0.2) is 24.5 Å². The summed E-state index contributed by atoms with van der Waals surface area (Å²) >= 11 is 0. The highest BCUT2D eigenvalue weighted by molar-refractivity contribution is 5.82. The van der Waals surface area contributed by atoms with E-state index in [9.17, 15) is 4.79 Å². The molecule has 3 heteroatoms. The summed E-state index contributed by atoms with van der Waals surface area (Å²) in [6.45, 7) is 8.64. The van der Waals surface area contributed by atoms with Gasteiger partial charge in [0.05, 0.1) is 6.04 Å². The molecule has 1 amide bonds. The number of carbonyl (C=O) groups is 1. The van der Waals surface area contributed by atoms with Gasteiger partial charge in [-0.1, -0.05) is 13.0 Å². The Labute approximate surface area is 86.0 Å². The monoisotopic (exact) mass is 196 g/mol. The van der Waals surface area contributed by atoms with E-state index in [4.69, 9.17) is 0 Å². The van der Waals surface area contributed by atoms with E-state index in [-0.39, 0.29) is 18.0 Å². The summed E-state index contributed by atoms with van der Waals surface area (Å²) in [4.78, 5) is 11.8. The van der Waals surface area contributed by atoms with Crippen LogP contribution in [-0.2, 0) is 4.79 Å². The second kappa shape index (κ2) is 5.15. The summed E-state index contributed by atoms with van der Waals surface area (Å²) in [6, 6.07) is 0.0320. The van der Waals surface area contributed by atoms with Gasteiger partial charge in [-0.25, -0.2) is 0 Å². The van der Waals surface area contributed by atoms with Crippen LogP contribution in [0.15, 0.2) is 12.7 Å². The predicted molar refractivity (Wildman–Crippen MR) is 58.0 cm³/mol. The molecule has 1 aliphatic heterocycles. The van der Waals surface area contributed by atoms with Crippen molar-refractivity contribution in [1.29, 1.82) is 0 Å². The molecule has 0 bridgehead atoms. The molecular formula is C11H20N2O. The molecule has 3 nitrogen and oxygen atoms in total. The van der Waals surface area contributed by atoms with Gasteiger partial charge in [-0.3, -0.25) is 4.79 Å². The summed E-state index contributed by atoms with van der Waals surface area (Å²) in [5.41, 5.74) is 0. The van der Waals surface area contributed by atoms with Crippen molar-refractivity contribution in [3.05, 3.63) is 12.7 Å². The van der Waals surface area contributed by atoms with Gasteiger partial charge in [-0.05, 0) is 32.2 Å². The molecule has 0 spiro atoms. The SMILES string of the molecule is C=CC(C)NC(=O)C1NCCCC1C. The standard InChI is InChI=1S/C11H20N2O/c1-4-9(3)13-11(14)10-8(2)6-5-7-12-10/h4,8-10,12H,1,5-7H2,2-3H3,(H,13,14). The number of piperidine rings is 1. The van der Waals surface area contributed by atoms with Crippen molar-refractivity contribution >= 4 is 5.91 Å². The molecule has 80 valence electrons. The Morgan fingerprint density at radius 2 is 2.43 bits per heavy atom. The van der Waals surface area contributed by atoms with Crippen LogP contribution >= 0.6 is 0 Å². The number of nitrogens with one attached hydrogen (secondary N) is 2. The first-order chi connectivity index (χ1) is 6.65. The zero-order valence-corrected chi connectivity index (χ0v) is 9.05. The van der Waals surface area contributed by atoms with Crippen LogP contribution in [0.1, 0.15) is 26.7 Å². The third-order valence-electron chi connectivity index (χ3n) is 2.78. The number of carbonyl (C=O) groups excluding carboxylic acids is 1. The zero-order chi connectivity index (χ0) is 10.6. The van der Waals surface area contributed by atoms with Crippen molar-refractivity contribution in [2.24, 2.45) is 5.92 Å². The first-order valence-corrected chi connectivity index (χ1v) is 5.31. The molecule has 0 aromatic rings. The van der Waals surface area contributed by atoms with Crippen molar-refractivity contribution in [2.45, 2.75) is 38.8 Å². The second-order valence-corrected chi connectivity index (χ2v) is 4.08. The lowest BCUT2D eigenvalue weighted by molar-refractivity contribution is -0.125. The maximum atomic E-state index is 11.8. The minimum Gasteiger partial charge on any atom is -0.349 e. The van der Waals surface area contributed by atoms with E-state index in [0.717, 1.165) is 13.0 Å². The molecule has 0 aliphatic carbocycles. The van der Waals surface area contributed by atoms with Gasteiger partial charge in [0, 0.05) is 6.04 Å². The topological polar surface area (TPSA) is 41.1 Å². The second-order valence-electron chi connectivity index (χ2n) is 4.08. The van der Waals surface area contributed by atoms with Gasteiger partial charge in [0.2, 0.25) is 5.91 Å². The fraction of sp³-hybridized carbons (Fsp3) is 0.727. The van der Waals surface area contributed by atoms with Crippen LogP contribution in [0.5, 0.6) is 0 Å². The number of hydrogen-bond donors (Lipinski definition) is 2. The lowest BCUT2D eigenvalue weighted by atomic mass is 9.92. The maximum Gasteiger partial charge on any atom is 0.237 e. The summed E-state index contributed by atoms with van der Waals surface area (Å²) in [7, 11) is 0. The molecule has 14 heavy (non-hydrogen) atoms. The van der Waals surface area contributed by atoms with E-state index >= 15 is 0 Å². The van der Waals surface area contributed by atoms with Crippen molar-refractivity contribution in [3.8, 4) is 0 Å². The molecule has 3 atom stereocenters. The highest BCUT2D eigenvalue weighted by atomic mass is 16.2. The number of hydrogen-bond acceptors (Lipinski definition) is 2. The van der Waals surface area contributed by atoms with Gasteiger partial charge in [0.1, 0.15) is 0 Å². The number of amides is 1. The Morgan fingerprint density at radius 3 is 3.00 bits per heavy atom. The normalized spacial score (nSPS) is 29.3. The van der Waals surface area contributed by atoms with Crippen LogP contribution in [0.4, 0.5) is 0 Å².